The van der Waals surface area contributed by atoms with Crippen molar-refractivity contribution in [2.24, 2.45) is 0 Å². The van der Waals surface area contributed by atoms with E-state index in [1.54, 1.807) is 6.07 Å². The fourth-order valence-corrected chi connectivity index (χ4v) is 2.76. The summed E-state index contributed by atoms with van der Waals surface area (Å²) in [6.07, 6.45) is 0.716. The zero-order valence-corrected chi connectivity index (χ0v) is 11.5. The molecule has 7 nitrogen and oxygen atoms in total. The third kappa shape index (κ3) is 2.73. The van der Waals surface area contributed by atoms with Crippen LogP contribution in [-0.2, 0) is 16.4 Å². The van der Waals surface area contributed by atoms with E-state index >= 15 is 0 Å². The largest absolute Gasteiger partial charge is 0.398 e. The summed E-state index contributed by atoms with van der Waals surface area (Å²) in [5.74, 6) is 0.200. The van der Waals surface area contributed by atoms with Crippen LogP contribution in [0.4, 0.5) is 11.5 Å². The first-order chi connectivity index (χ1) is 9.46. The Bertz CT molecular complexity index is 773. The average molecular weight is 291 g/mol. The summed E-state index contributed by atoms with van der Waals surface area (Å²) in [5.41, 5.74) is 6.80. The van der Waals surface area contributed by atoms with Crippen LogP contribution >= 0.6 is 0 Å². The van der Waals surface area contributed by atoms with Crippen molar-refractivity contribution in [2.45, 2.75) is 18.2 Å². The predicted octanol–water partition coefficient (Wildman–Crippen LogP) is 1.23. The highest BCUT2D eigenvalue weighted by Crippen LogP contribution is 2.22. The van der Waals surface area contributed by atoms with E-state index < -0.39 is 10.0 Å². The number of nitrogens with zero attached hydrogens (tertiary/aromatic N) is 2. The molecule has 0 aliphatic heterocycles. The molecule has 0 atom stereocenters. The highest BCUT2D eigenvalue weighted by Gasteiger charge is 2.19. The number of hydrogen-bond acceptors (Lipinski definition) is 5. The van der Waals surface area contributed by atoms with Crippen LogP contribution in [0.1, 0.15) is 18.2 Å². The van der Waals surface area contributed by atoms with E-state index in [1.807, 2.05) is 13.0 Å². The number of aromatic amines is 1. The van der Waals surface area contributed by atoms with Gasteiger partial charge in [-0.1, -0.05) is 6.92 Å². The Morgan fingerprint density at radius 1 is 1.45 bits per heavy atom. The van der Waals surface area contributed by atoms with Gasteiger partial charge in [-0.3, -0.25) is 9.82 Å². The minimum atomic E-state index is -3.83. The summed E-state index contributed by atoms with van der Waals surface area (Å²) in [4.78, 5) is -0.0856. The zero-order valence-electron chi connectivity index (χ0n) is 10.7. The number of aryl methyl sites for hydroxylation is 1. The normalized spacial score (nSPS) is 11.0. The Hall–Kier alpha value is -2.53. The lowest BCUT2D eigenvalue weighted by atomic mass is 10.2. The average Bonchev–Trinajstić information content (AvgIpc) is 2.85. The number of rotatable bonds is 4. The van der Waals surface area contributed by atoms with E-state index in [1.165, 1.54) is 18.2 Å². The van der Waals surface area contributed by atoms with Gasteiger partial charge in [0, 0.05) is 11.8 Å². The lowest BCUT2D eigenvalue weighted by molar-refractivity contribution is 0.601. The quantitative estimate of drug-likeness (QED) is 0.730. The summed E-state index contributed by atoms with van der Waals surface area (Å²) in [6.45, 7) is 1.92. The summed E-state index contributed by atoms with van der Waals surface area (Å²) in [7, 11) is -3.83. The minimum absolute atomic E-state index is 0.0165. The Labute approximate surface area is 116 Å². The highest BCUT2D eigenvalue weighted by atomic mass is 32.2. The van der Waals surface area contributed by atoms with Crippen molar-refractivity contribution in [1.29, 1.82) is 5.26 Å². The highest BCUT2D eigenvalue weighted by molar-refractivity contribution is 7.92. The Morgan fingerprint density at radius 2 is 2.20 bits per heavy atom. The van der Waals surface area contributed by atoms with Gasteiger partial charge < -0.3 is 5.73 Å². The van der Waals surface area contributed by atoms with Crippen molar-refractivity contribution in [3.8, 4) is 6.07 Å². The maximum absolute atomic E-state index is 12.2. The second-order valence-corrected chi connectivity index (χ2v) is 5.75. The van der Waals surface area contributed by atoms with E-state index in [-0.39, 0.29) is 16.4 Å². The van der Waals surface area contributed by atoms with Crippen LogP contribution in [0.2, 0.25) is 0 Å². The van der Waals surface area contributed by atoms with Crippen LogP contribution < -0.4 is 10.5 Å². The second kappa shape index (κ2) is 5.22. The molecule has 0 bridgehead atoms. The summed E-state index contributed by atoms with van der Waals surface area (Å²) >= 11 is 0. The monoisotopic (exact) mass is 291 g/mol. The molecular weight excluding hydrogens is 278 g/mol. The zero-order chi connectivity index (χ0) is 14.8. The molecule has 0 aliphatic carbocycles. The predicted molar refractivity (Wildman–Crippen MR) is 74.3 cm³/mol. The summed E-state index contributed by atoms with van der Waals surface area (Å²) < 4.78 is 26.7. The maximum atomic E-state index is 12.2. The maximum Gasteiger partial charge on any atom is 0.265 e. The van der Waals surface area contributed by atoms with Gasteiger partial charge in [0.1, 0.15) is 4.90 Å². The van der Waals surface area contributed by atoms with Gasteiger partial charge in [-0.2, -0.15) is 10.4 Å². The van der Waals surface area contributed by atoms with Gasteiger partial charge in [-0.15, -0.1) is 0 Å². The third-order valence-corrected chi connectivity index (χ3v) is 4.11. The van der Waals surface area contributed by atoms with Gasteiger partial charge in [0.05, 0.1) is 17.3 Å². The molecular formula is C12H13N5O2S. The van der Waals surface area contributed by atoms with E-state index in [0.29, 0.717) is 12.0 Å². The summed E-state index contributed by atoms with van der Waals surface area (Å²) in [6, 6.07) is 7.51. The van der Waals surface area contributed by atoms with E-state index in [4.69, 9.17) is 11.0 Å². The standard InChI is InChI=1S/C12H13N5O2S/c1-2-9-6-12(16-15-9)17-20(18,19)11-4-3-8(7-13)5-10(11)14/h3-6H,2,14H2,1H3,(H2,15,16,17). The number of nitrogens with one attached hydrogen (secondary N) is 2. The number of aromatic nitrogens is 2. The molecule has 1 heterocycles. The van der Waals surface area contributed by atoms with E-state index in [0.717, 1.165) is 5.69 Å². The smallest absolute Gasteiger partial charge is 0.265 e. The number of nitrogens with two attached hydrogens (primary N) is 1. The van der Waals surface area contributed by atoms with E-state index in [2.05, 4.69) is 14.9 Å². The lowest BCUT2D eigenvalue weighted by Gasteiger charge is -2.08. The molecule has 4 N–H and O–H groups in total. The van der Waals surface area contributed by atoms with Crippen molar-refractivity contribution in [3.63, 3.8) is 0 Å². The van der Waals surface area contributed by atoms with Gasteiger partial charge in [0.25, 0.3) is 10.0 Å². The van der Waals surface area contributed by atoms with Crippen LogP contribution in [-0.4, -0.2) is 18.6 Å². The van der Waals surface area contributed by atoms with Crippen LogP contribution in [0.25, 0.3) is 0 Å². The number of H-pyrrole nitrogens is 1. The minimum Gasteiger partial charge on any atom is -0.398 e. The first-order valence-corrected chi connectivity index (χ1v) is 7.31. The molecule has 1 aromatic heterocycles. The van der Waals surface area contributed by atoms with Crippen molar-refractivity contribution >= 4 is 21.5 Å². The second-order valence-electron chi connectivity index (χ2n) is 4.10. The number of sulfonamides is 1. The molecule has 0 saturated heterocycles. The Balaban J connectivity index is 2.33. The van der Waals surface area contributed by atoms with Crippen LogP contribution in [0.3, 0.4) is 0 Å². The van der Waals surface area contributed by atoms with Crippen molar-refractivity contribution in [2.75, 3.05) is 10.5 Å². The van der Waals surface area contributed by atoms with Gasteiger partial charge >= 0.3 is 0 Å². The fraction of sp³-hybridized carbons (Fsp3) is 0.167. The molecule has 8 heteroatoms. The summed E-state index contributed by atoms with van der Waals surface area (Å²) in [5, 5.41) is 15.3. The van der Waals surface area contributed by atoms with Crippen molar-refractivity contribution in [3.05, 3.63) is 35.5 Å². The third-order valence-electron chi connectivity index (χ3n) is 2.68. The van der Waals surface area contributed by atoms with Crippen LogP contribution in [0.5, 0.6) is 0 Å². The first kappa shape index (κ1) is 13.9. The molecule has 0 radical (unpaired) electrons. The number of benzene rings is 1. The van der Waals surface area contributed by atoms with Crippen LogP contribution in [0, 0.1) is 11.3 Å². The lowest BCUT2D eigenvalue weighted by Crippen LogP contribution is -2.15. The van der Waals surface area contributed by atoms with Gasteiger partial charge in [-0.05, 0) is 24.6 Å². The first-order valence-electron chi connectivity index (χ1n) is 5.83. The molecule has 0 unspecified atom stereocenters. The fourth-order valence-electron chi connectivity index (χ4n) is 1.65. The molecule has 0 spiro atoms. The topological polar surface area (TPSA) is 125 Å². The molecule has 2 rings (SSSR count). The molecule has 20 heavy (non-hydrogen) atoms. The van der Waals surface area contributed by atoms with Gasteiger partial charge in [0.2, 0.25) is 0 Å². The number of anilines is 2. The molecule has 2 aromatic rings. The van der Waals surface area contributed by atoms with Crippen molar-refractivity contribution < 1.29 is 8.42 Å². The molecule has 104 valence electrons. The number of nitrogen functional groups attached to an aromatic ring is 1. The van der Waals surface area contributed by atoms with Gasteiger partial charge in [0.15, 0.2) is 5.82 Å². The van der Waals surface area contributed by atoms with E-state index in [9.17, 15) is 8.42 Å². The molecule has 0 aliphatic rings. The molecule has 0 fully saturated rings. The Morgan fingerprint density at radius 3 is 2.75 bits per heavy atom. The van der Waals surface area contributed by atoms with Crippen LogP contribution in [0.15, 0.2) is 29.2 Å². The Kier molecular flexibility index (Phi) is 3.63. The van der Waals surface area contributed by atoms with Gasteiger partial charge in [-0.25, -0.2) is 8.42 Å². The SMILES string of the molecule is CCc1cc(NS(=O)(=O)c2ccc(C#N)cc2N)n[nH]1. The number of nitriles is 1. The molecule has 1 aromatic carbocycles. The molecule has 0 amide bonds. The molecule has 0 saturated carbocycles. The van der Waals surface area contributed by atoms with Crippen molar-refractivity contribution in [1.82, 2.24) is 10.2 Å². The number of hydrogen-bond donors (Lipinski definition) is 3.